The number of allylic oxidation sites excluding steroid dienone is 1. The third kappa shape index (κ3) is 3.43. The minimum atomic E-state index is 0.173. The van der Waals surface area contributed by atoms with E-state index in [2.05, 4.69) is 29.8 Å². The summed E-state index contributed by atoms with van der Waals surface area (Å²) >= 11 is 0. The molecule has 3 aromatic rings. The number of pyridine rings is 1. The molecule has 1 aliphatic carbocycles. The Morgan fingerprint density at radius 2 is 1.96 bits per heavy atom. The molecular weight excluding hydrogens is 310 g/mol. The van der Waals surface area contributed by atoms with Crippen LogP contribution in [-0.4, -0.2) is 20.7 Å². The fourth-order valence-electron chi connectivity index (χ4n) is 3.06. The lowest BCUT2D eigenvalue weighted by molar-refractivity contribution is 0.242. The van der Waals surface area contributed by atoms with E-state index in [4.69, 9.17) is 9.84 Å². The highest BCUT2D eigenvalue weighted by atomic mass is 16.5. The molecule has 1 aliphatic rings. The Bertz CT molecular complexity index is 905. The van der Waals surface area contributed by atoms with Crippen LogP contribution in [0, 0.1) is 5.92 Å². The van der Waals surface area contributed by atoms with Crippen molar-refractivity contribution >= 4 is 5.65 Å². The fourth-order valence-corrected chi connectivity index (χ4v) is 3.06. The summed E-state index contributed by atoms with van der Waals surface area (Å²) in [6.45, 7) is 8.25. The Kier molecular flexibility index (Phi) is 4.04. The number of nitrogens with zero attached hydrogens (tertiary/aromatic N) is 3. The lowest BCUT2D eigenvalue weighted by atomic mass is 10.1. The van der Waals surface area contributed by atoms with Crippen molar-refractivity contribution in [3.63, 3.8) is 0 Å². The standard InChI is InChI=1S/C21H23N3O/c1-14(2)25-18-11-9-17(10-12-18)19-5-4-6-21-22-20(23-24(19)21)13-15(3)16-7-8-16/h4-6,9-12,14,16H,3,7-8,13H2,1-2H3. The molecule has 0 spiro atoms. The van der Waals surface area contributed by atoms with Gasteiger partial charge in [0.05, 0.1) is 11.8 Å². The highest BCUT2D eigenvalue weighted by Gasteiger charge is 2.25. The second kappa shape index (κ2) is 6.36. The zero-order valence-electron chi connectivity index (χ0n) is 14.8. The number of hydrogen-bond donors (Lipinski definition) is 0. The zero-order chi connectivity index (χ0) is 17.4. The highest BCUT2D eigenvalue weighted by molar-refractivity contribution is 5.63. The molecule has 25 heavy (non-hydrogen) atoms. The van der Waals surface area contributed by atoms with Crippen LogP contribution in [0.25, 0.3) is 16.9 Å². The van der Waals surface area contributed by atoms with E-state index in [1.165, 1.54) is 18.4 Å². The summed E-state index contributed by atoms with van der Waals surface area (Å²) in [7, 11) is 0. The third-order valence-electron chi connectivity index (χ3n) is 4.47. The highest BCUT2D eigenvalue weighted by Crippen LogP contribution is 2.36. The van der Waals surface area contributed by atoms with Crippen molar-refractivity contribution < 1.29 is 4.74 Å². The SMILES string of the molecule is C=C(Cc1nc2cccc(-c3ccc(OC(C)C)cc3)n2n1)C1CC1. The van der Waals surface area contributed by atoms with E-state index >= 15 is 0 Å². The maximum atomic E-state index is 5.72. The normalized spacial score (nSPS) is 14.2. The maximum Gasteiger partial charge on any atom is 0.156 e. The second-order valence-electron chi connectivity index (χ2n) is 7.01. The fraction of sp³-hybridized carbons (Fsp3) is 0.333. The van der Waals surface area contributed by atoms with E-state index in [0.717, 1.165) is 34.9 Å². The third-order valence-corrected chi connectivity index (χ3v) is 4.47. The number of hydrogen-bond acceptors (Lipinski definition) is 3. The zero-order valence-corrected chi connectivity index (χ0v) is 14.8. The van der Waals surface area contributed by atoms with Gasteiger partial charge in [-0.15, -0.1) is 0 Å². The van der Waals surface area contributed by atoms with Crippen LogP contribution in [0.3, 0.4) is 0 Å². The number of aromatic nitrogens is 3. The van der Waals surface area contributed by atoms with Gasteiger partial charge < -0.3 is 4.74 Å². The molecule has 1 fully saturated rings. The molecule has 2 aromatic heterocycles. The van der Waals surface area contributed by atoms with Gasteiger partial charge in [0, 0.05) is 12.0 Å². The molecule has 0 radical (unpaired) electrons. The van der Waals surface area contributed by atoms with E-state index in [1.807, 2.05) is 42.6 Å². The van der Waals surface area contributed by atoms with Crippen molar-refractivity contribution in [3.05, 3.63) is 60.4 Å². The largest absolute Gasteiger partial charge is 0.491 e. The van der Waals surface area contributed by atoms with Crippen LogP contribution in [0.5, 0.6) is 5.75 Å². The van der Waals surface area contributed by atoms with Gasteiger partial charge in [-0.25, -0.2) is 9.50 Å². The van der Waals surface area contributed by atoms with E-state index in [-0.39, 0.29) is 6.10 Å². The summed E-state index contributed by atoms with van der Waals surface area (Å²) in [6.07, 6.45) is 3.48. The number of fused-ring (bicyclic) bond motifs is 1. The Morgan fingerprint density at radius 3 is 2.64 bits per heavy atom. The molecule has 0 aliphatic heterocycles. The van der Waals surface area contributed by atoms with Crippen LogP contribution < -0.4 is 4.74 Å². The summed E-state index contributed by atoms with van der Waals surface area (Å²) in [4.78, 5) is 4.67. The van der Waals surface area contributed by atoms with Crippen LogP contribution in [-0.2, 0) is 6.42 Å². The van der Waals surface area contributed by atoms with E-state index < -0.39 is 0 Å². The topological polar surface area (TPSA) is 39.4 Å². The Morgan fingerprint density at radius 1 is 1.20 bits per heavy atom. The first-order valence-corrected chi connectivity index (χ1v) is 8.89. The maximum absolute atomic E-state index is 5.72. The molecule has 0 saturated heterocycles. The lowest BCUT2D eigenvalue weighted by Crippen LogP contribution is -2.05. The summed E-state index contributed by atoms with van der Waals surface area (Å²) in [5.74, 6) is 2.41. The summed E-state index contributed by atoms with van der Waals surface area (Å²) < 4.78 is 7.65. The first-order valence-electron chi connectivity index (χ1n) is 8.89. The molecular formula is C21H23N3O. The summed E-state index contributed by atoms with van der Waals surface area (Å²) in [6, 6.07) is 14.2. The van der Waals surface area contributed by atoms with Gasteiger partial charge >= 0.3 is 0 Å². The van der Waals surface area contributed by atoms with Gasteiger partial charge in [-0.3, -0.25) is 0 Å². The Labute approximate surface area is 148 Å². The Hall–Kier alpha value is -2.62. The van der Waals surface area contributed by atoms with Crippen LogP contribution in [0.1, 0.15) is 32.5 Å². The minimum absolute atomic E-state index is 0.173. The minimum Gasteiger partial charge on any atom is -0.491 e. The van der Waals surface area contributed by atoms with Gasteiger partial charge in [0.1, 0.15) is 5.75 Å². The number of rotatable bonds is 6. The first-order chi connectivity index (χ1) is 12.1. The molecule has 0 unspecified atom stereocenters. The second-order valence-corrected chi connectivity index (χ2v) is 7.01. The summed E-state index contributed by atoms with van der Waals surface area (Å²) in [5, 5.41) is 4.72. The number of benzene rings is 1. The lowest BCUT2D eigenvalue weighted by Gasteiger charge is -2.10. The van der Waals surface area contributed by atoms with E-state index in [0.29, 0.717) is 5.92 Å². The van der Waals surface area contributed by atoms with Gasteiger partial charge in [-0.05, 0) is 69.0 Å². The average molecular weight is 333 g/mol. The van der Waals surface area contributed by atoms with Crippen LogP contribution in [0.4, 0.5) is 0 Å². The predicted molar refractivity (Wildman–Crippen MR) is 99.8 cm³/mol. The molecule has 1 saturated carbocycles. The summed E-state index contributed by atoms with van der Waals surface area (Å²) in [5.41, 5.74) is 4.26. The van der Waals surface area contributed by atoms with Crippen LogP contribution in [0.15, 0.2) is 54.6 Å². The van der Waals surface area contributed by atoms with Gasteiger partial charge in [-0.1, -0.05) is 18.2 Å². The smallest absolute Gasteiger partial charge is 0.156 e. The van der Waals surface area contributed by atoms with Crippen LogP contribution >= 0.6 is 0 Å². The number of ether oxygens (including phenoxy) is 1. The predicted octanol–water partition coefficient (Wildman–Crippen LogP) is 4.69. The van der Waals surface area contributed by atoms with Crippen molar-refractivity contribution in [2.75, 3.05) is 0 Å². The molecule has 2 heterocycles. The van der Waals surface area contributed by atoms with Crippen molar-refractivity contribution in [2.45, 2.75) is 39.2 Å². The molecule has 4 nitrogen and oxygen atoms in total. The quantitative estimate of drug-likeness (QED) is 0.614. The van der Waals surface area contributed by atoms with Crippen molar-refractivity contribution in [1.29, 1.82) is 0 Å². The monoisotopic (exact) mass is 333 g/mol. The average Bonchev–Trinajstić information content (AvgIpc) is 3.35. The Balaban J connectivity index is 1.64. The van der Waals surface area contributed by atoms with Crippen molar-refractivity contribution in [1.82, 2.24) is 14.6 Å². The molecule has 0 amide bonds. The molecule has 1 aromatic carbocycles. The molecule has 4 heteroatoms. The molecule has 0 N–H and O–H groups in total. The van der Waals surface area contributed by atoms with E-state index in [9.17, 15) is 0 Å². The molecule has 0 bridgehead atoms. The van der Waals surface area contributed by atoms with Crippen molar-refractivity contribution in [2.24, 2.45) is 5.92 Å². The van der Waals surface area contributed by atoms with Crippen LogP contribution in [0.2, 0.25) is 0 Å². The molecule has 128 valence electrons. The molecule has 4 rings (SSSR count). The van der Waals surface area contributed by atoms with Crippen molar-refractivity contribution in [3.8, 4) is 17.0 Å². The first kappa shape index (κ1) is 15.9. The van der Waals surface area contributed by atoms with Gasteiger partial charge in [0.25, 0.3) is 0 Å². The van der Waals surface area contributed by atoms with Gasteiger partial charge in [0.15, 0.2) is 11.5 Å². The van der Waals surface area contributed by atoms with Gasteiger partial charge in [-0.2, -0.15) is 5.10 Å². The van der Waals surface area contributed by atoms with Gasteiger partial charge in [0.2, 0.25) is 0 Å². The molecule has 0 atom stereocenters. The van der Waals surface area contributed by atoms with E-state index in [1.54, 1.807) is 0 Å².